The zero-order chi connectivity index (χ0) is 15.5. The zero-order valence-electron chi connectivity index (χ0n) is 12.6. The van der Waals surface area contributed by atoms with Crippen LogP contribution >= 0.6 is 12.2 Å². The molecule has 0 radical (unpaired) electrons. The summed E-state index contributed by atoms with van der Waals surface area (Å²) in [6.07, 6.45) is 6.77. The monoisotopic (exact) mass is 319 g/mol. The van der Waals surface area contributed by atoms with Crippen molar-refractivity contribution in [1.29, 1.82) is 0 Å². The van der Waals surface area contributed by atoms with Crippen LogP contribution in [0.15, 0.2) is 23.3 Å². The van der Waals surface area contributed by atoms with E-state index >= 15 is 0 Å². The van der Waals surface area contributed by atoms with Gasteiger partial charge in [0.25, 0.3) is 0 Å². The van der Waals surface area contributed by atoms with Gasteiger partial charge in [-0.15, -0.1) is 0 Å². The minimum absolute atomic E-state index is 0.0718. The summed E-state index contributed by atoms with van der Waals surface area (Å²) in [7, 11) is 1.52. The molecule has 3 N–H and O–H groups in total. The number of hydrogen-bond acceptors (Lipinski definition) is 4. The van der Waals surface area contributed by atoms with Gasteiger partial charge in [-0.3, -0.25) is 5.43 Å². The lowest BCUT2D eigenvalue weighted by Crippen LogP contribution is -2.42. The number of phenolic OH excluding ortho intramolecular Hbond substituents is 1. The van der Waals surface area contributed by atoms with Gasteiger partial charge in [-0.1, -0.05) is 12.5 Å². The van der Waals surface area contributed by atoms with Crippen molar-refractivity contribution in [3.63, 3.8) is 0 Å². The summed E-state index contributed by atoms with van der Waals surface area (Å²) in [6.45, 7) is 0. The Morgan fingerprint density at radius 2 is 2.27 bits per heavy atom. The van der Waals surface area contributed by atoms with Crippen LogP contribution in [0.25, 0.3) is 0 Å². The zero-order valence-corrected chi connectivity index (χ0v) is 13.4. The Morgan fingerprint density at radius 1 is 1.41 bits per heavy atom. The van der Waals surface area contributed by atoms with Crippen LogP contribution in [-0.2, 0) is 0 Å². The molecule has 2 aliphatic carbocycles. The van der Waals surface area contributed by atoms with Crippen molar-refractivity contribution >= 4 is 23.5 Å². The van der Waals surface area contributed by atoms with Crippen LogP contribution in [0.3, 0.4) is 0 Å². The van der Waals surface area contributed by atoms with Gasteiger partial charge in [0.2, 0.25) is 0 Å². The first-order valence-electron chi connectivity index (χ1n) is 7.63. The second-order valence-electron chi connectivity index (χ2n) is 6.02. The second kappa shape index (κ2) is 6.52. The summed E-state index contributed by atoms with van der Waals surface area (Å²) in [6, 6.07) is 5.74. The number of fused-ring (bicyclic) bond motifs is 2. The first kappa shape index (κ1) is 15.1. The van der Waals surface area contributed by atoms with Crippen LogP contribution in [0, 0.1) is 11.8 Å². The van der Waals surface area contributed by atoms with Crippen LogP contribution in [0.1, 0.15) is 31.2 Å². The van der Waals surface area contributed by atoms with Crippen LogP contribution in [0.5, 0.6) is 11.5 Å². The first-order chi connectivity index (χ1) is 10.7. The molecule has 1 aromatic carbocycles. The Bertz CT molecular complexity index is 591. The van der Waals surface area contributed by atoms with Crippen LogP contribution < -0.4 is 15.5 Å². The Hall–Kier alpha value is -1.82. The first-order valence-corrected chi connectivity index (χ1v) is 8.03. The normalized spacial score (nSPS) is 26.3. The highest BCUT2D eigenvalue weighted by Gasteiger charge is 2.39. The fourth-order valence-electron chi connectivity index (χ4n) is 3.59. The third-order valence-electron chi connectivity index (χ3n) is 4.67. The number of aromatic hydroxyl groups is 1. The number of nitrogens with zero attached hydrogens (tertiary/aromatic N) is 1. The van der Waals surface area contributed by atoms with Gasteiger partial charge in [-0.05, 0) is 55.4 Å². The molecule has 5 nitrogen and oxygen atoms in total. The van der Waals surface area contributed by atoms with Gasteiger partial charge in [0.15, 0.2) is 16.6 Å². The maximum atomic E-state index is 9.96. The maximum absolute atomic E-state index is 9.96. The fraction of sp³-hybridized carbons (Fsp3) is 0.500. The average Bonchev–Trinajstić information content (AvgIpc) is 3.11. The summed E-state index contributed by atoms with van der Waals surface area (Å²) >= 11 is 5.28. The fourth-order valence-corrected chi connectivity index (χ4v) is 3.79. The highest BCUT2D eigenvalue weighted by Crippen LogP contribution is 2.44. The van der Waals surface area contributed by atoms with Gasteiger partial charge < -0.3 is 15.2 Å². The molecule has 2 saturated carbocycles. The van der Waals surface area contributed by atoms with E-state index in [0.29, 0.717) is 22.5 Å². The smallest absolute Gasteiger partial charge is 0.187 e. The van der Waals surface area contributed by atoms with Crippen molar-refractivity contribution in [2.45, 2.75) is 31.7 Å². The van der Waals surface area contributed by atoms with E-state index in [1.54, 1.807) is 18.2 Å². The summed E-state index contributed by atoms with van der Waals surface area (Å²) < 4.78 is 5.06. The number of hydrogen-bond donors (Lipinski definition) is 3. The topological polar surface area (TPSA) is 65.9 Å². The number of benzene rings is 1. The molecule has 0 spiro atoms. The average molecular weight is 319 g/mol. The molecule has 0 saturated heterocycles. The number of rotatable bonds is 4. The van der Waals surface area contributed by atoms with Crippen molar-refractivity contribution < 1.29 is 9.84 Å². The van der Waals surface area contributed by atoms with Crippen molar-refractivity contribution in [2.24, 2.45) is 16.9 Å². The Balaban J connectivity index is 1.52. The number of nitrogens with one attached hydrogen (secondary N) is 2. The van der Waals surface area contributed by atoms with E-state index in [1.165, 1.54) is 39.0 Å². The molecule has 0 aromatic heterocycles. The predicted molar refractivity (Wildman–Crippen MR) is 90.4 cm³/mol. The van der Waals surface area contributed by atoms with E-state index in [4.69, 9.17) is 17.0 Å². The highest BCUT2D eigenvalue weighted by atomic mass is 32.1. The molecule has 3 atom stereocenters. The highest BCUT2D eigenvalue weighted by molar-refractivity contribution is 7.80. The van der Waals surface area contributed by atoms with E-state index in [1.807, 2.05) is 0 Å². The van der Waals surface area contributed by atoms with Gasteiger partial charge in [-0.25, -0.2) is 0 Å². The molecule has 1 aromatic rings. The molecule has 22 heavy (non-hydrogen) atoms. The standard InChI is InChI=1S/C16H21N3O2S/c1-21-14-4-2-3-12(15(14)20)9-17-19-16(22)18-13-8-10-5-6-11(13)7-10/h2-4,9-11,13,20H,5-8H2,1H3,(H2,18,19,22)/b17-9-/t10-,11-,13+/m0/s1. The molecule has 2 fully saturated rings. The molecule has 3 rings (SSSR count). The lowest BCUT2D eigenvalue weighted by Gasteiger charge is -2.23. The lowest BCUT2D eigenvalue weighted by atomic mass is 9.96. The Kier molecular flexibility index (Phi) is 4.47. The lowest BCUT2D eigenvalue weighted by molar-refractivity contribution is 0.373. The molecule has 0 heterocycles. The summed E-state index contributed by atoms with van der Waals surface area (Å²) in [4.78, 5) is 0. The number of ether oxygens (including phenoxy) is 1. The van der Waals surface area contributed by atoms with Gasteiger partial charge in [0.05, 0.1) is 13.3 Å². The summed E-state index contributed by atoms with van der Waals surface area (Å²) in [5.41, 5.74) is 3.40. The molecule has 6 heteroatoms. The molecule has 0 amide bonds. The Labute approximate surface area is 135 Å². The quantitative estimate of drug-likeness (QED) is 0.452. The minimum atomic E-state index is 0.0718. The van der Waals surface area contributed by atoms with Gasteiger partial charge in [-0.2, -0.15) is 5.10 Å². The molecular formula is C16H21N3O2S. The molecule has 118 valence electrons. The SMILES string of the molecule is COc1cccc(/C=N\NC(=S)N[C@@H]2C[C@H]3CC[C@H]2C3)c1O. The van der Waals surface area contributed by atoms with Crippen molar-refractivity contribution in [3.8, 4) is 11.5 Å². The maximum Gasteiger partial charge on any atom is 0.187 e. The number of thiocarbonyl (C=S) groups is 1. The summed E-state index contributed by atoms with van der Waals surface area (Å²) in [5, 5.41) is 17.9. The molecule has 0 unspecified atom stereocenters. The molecule has 0 aliphatic heterocycles. The largest absolute Gasteiger partial charge is 0.504 e. The predicted octanol–water partition coefficient (Wildman–Crippen LogP) is 2.39. The van der Waals surface area contributed by atoms with Crippen LogP contribution in [0.2, 0.25) is 0 Å². The van der Waals surface area contributed by atoms with E-state index in [0.717, 1.165) is 11.8 Å². The van der Waals surface area contributed by atoms with E-state index in [2.05, 4.69) is 15.8 Å². The number of methoxy groups -OCH3 is 1. The van der Waals surface area contributed by atoms with E-state index < -0.39 is 0 Å². The van der Waals surface area contributed by atoms with Crippen molar-refractivity contribution in [2.75, 3.05) is 7.11 Å². The Morgan fingerprint density at radius 3 is 2.95 bits per heavy atom. The van der Waals surface area contributed by atoms with Crippen LogP contribution in [-0.4, -0.2) is 29.6 Å². The van der Waals surface area contributed by atoms with Crippen LogP contribution in [0.4, 0.5) is 0 Å². The number of para-hydroxylation sites is 1. The number of phenols is 1. The molecule has 2 bridgehead atoms. The van der Waals surface area contributed by atoms with E-state index in [-0.39, 0.29) is 5.75 Å². The minimum Gasteiger partial charge on any atom is -0.504 e. The number of hydrazone groups is 1. The third kappa shape index (κ3) is 3.16. The summed E-state index contributed by atoms with van der Waals surface area (Å²) in [5.74, 6) is 2.13. The second-order valence-corrected chi connectivity index (χ2v) is 6.43. The molecule has 2 aliphatic rings. The van der Waals surface area contributed by atoms with E-state index in [9.17, 15) is 5.11 Å². The van der Waals surface area contributed by atoms with Crippen molar-refractivity contribution in [1.82, 2.24) is 10.7 Å². The van der Waals surface area contributed by atoms with Crippen molar-refractivity contribution in [3.05, 3.63) is 23.8 Å². The third-order valence-corrected chi connectivity index (χ3v) is 4.88. The molecular weight excluding hydrogens is 298 g/mol. The van der Waals surface area contributed by atoms with Gasteiger partial charge >= 0.3 is 0 Å². The van der Waals surface area contributed by atoms with Gasteiger partial charge in [0, 0.05) is 11.6 Å². The van der Waals surface area contributed by atoms with Gasteiger partial charge in [0.1, 0.15) is 0 Å².